The van der Waals surface area contributed by atoms with E-state index in [0.717, 1.165) is 44.6 Å². The van der Waals surface area contributed by atoms with Gasteiger partial charge in [-0.2, -0.15) is 0 Å². The van der Waals surface area contributed by atoms with Gasteiger partial charge in [0.1, 0.15) is 0 Å². The predicted octanol–water partition coefficient (Wildman–Crippen LogP) is 2.59. The molecule has 0 saturated heterocycles. The van der Waals surface area contributed by atoms with Gasteiger partial charge in [0.25, 0.3) is 0 Å². The van der Waals surface area contributed by atoms with Crippen molar-refractivity contribution in [3.05, 3.63) is 0 Å². The zero-order chi connectivity index (χ0) is 12.8. The molecule has 0 aliphatic heterocycles. The van der Waals surface area contributed by atoms with Crippen molar-refractivity contribution < 1.29 is 4.79 Å². The first kappa shape index (κ1) is 13.9. The highest BCUT2D eigenvalue weighted by Crippen LogP contribution is 2.28. The molecule has 0 aromatic carbocycles. The van der Waals surface area contributed by atoms with Crippen molar-refractivity contribution in [1.82, 2.24) is 5.32 Å². The fourth-order valence-corrected chi connectivity index (χ4v) is 3.43. The molecule has 0 aromatic rings. The van der Waals surface area contributed by atoms with Crippen LogP contribution in [0.2, 0.25) is 0 Å². The van der Waals surface area contributed by atoms with E-state index >= 15 is 0 Å². The summed E-state index contributed by atoms with van der Waals surface area (Å²) < 4.78 is 0. The highest BCUT2D eigenvalue weighted by Gasteiger charge is 2.24. The molecule has 18 heavy (non-hydrogen) atoms. The van der Waals surface area contributed by atoms with Gasteiger partial charge in [0.15, 0.2) is 0 Å². The van der Waals surface area contributed by atoms with E-state index in [0.29, 0.717) is 6.04 Å². The summed E-state index contributed by atoms with van der Waals surface area (Å²) in [4.78, 5) is 11.9. The molecular formula is C15H28N2O. The molecule has 0 atom stereocenters. The van der Waals surface area contributed by atoms with Crippen LogP contribution in [0.3, 0.4) is 0 Å². The maximum absolute atomic E-state index is 11.9. The summed E-state index contributed by atoms with van der Waals surface area (Å²) in [6.45, 7) is 0.873. The van der Waals surface area contributed by atoms with Crippen LogP contribution in [0.4, 0.5) is 0 Å². The van der Waals surface area contributed by atoms with Gasteiger partial charge in [-0.25, -0.2) is 0 Å². The average Bonchev–Trinajstić information content (AvgIpc) is 2.88. The summed E-state index contributed by atoms with van der Waals surface area (Å²) in [5.74, 6) is 1.44. The molecule has 2 saturated carbocycles. The molecule has 0 aromatic heterocycles. The topological polar surface area (TPSA) is 55.1 Å². The van der Waals surface area contributed by atoms with Gasteiger partial charge in [0.05, 0.1) is 0 Å². The second-order valence-corrected chi connectivity index (χ2v) is 6.20. The molecule has 2 rings (SSSR count). The average molecular weight is 252 g/mol. The molecule has 1 amide bonds. The Bertz CT molecular complexity index is 253. The number of hydrogen-bond donors (Lipinski definition) is 2. The molecule has 0 bridgehead atoms. The molecule has 0 radical (unpaired) electrons. The van der Waals surface area contributed by atoms with Crippen LogP contribution >= 0.6 is 0 Å². The number of nitrogens with two attached hydrogens (primary N) is 1. The Morgan fingerprint density at radius 3 is 2.39 bits per heavy atom. The van der Waals surface area contributed by atoms with Crippen molar-refractivity contribution in [1.29, 1.82) is 0 Å². The third-order valence-electron chi connectivity index (χ3n) is 4.71. The van der Waals surface area contributed by atoms with Crippen molar-refractivity contribution in [3.63, 3.8) is 0 Å². The molecular weight excluding hydrogens is 224 g/mol. The van der Waals surface area contributed by atoms with E-state index in [4.69, 9.17) is 5.73 Å². The first-order valence-electron chi connectivity index (χ1n) is 7.79. The highest BCUT2D eigenvalue weighted by molar-refractivity contribution is 5.78. The van der Waals surface area contributed by atoms with Crippen molar-refractivity contribution in [2.24, 2.45) is 17.6 Å². The van der Waals surface area contributed by atoms with E-state index in [1.807, 2.05) is 0 Å². The summed E-state index contributed by atoms with van der Waals surface area (Å²) in [6.07, 6.45) is 12.1. The van der Waals surface area contributed by atoms with Crippen LogP contribution in [0, 0.1) is 11.8 Å². The smallest absolute Gasteiger partial charge is 0.223 e. The Hall–Kier alpha value is -0.570. The van der Waals surface area contributed by atoms with Crippen molar-refractivity contribution in [2.45, 2.75) is 70.3 Å². The first-order chi connectivity index (χ1) is 8.75. The molecule has 0 heterocycles. The quantitative estimate of drug-likeness (QED) is 0.739. The lowest BCUT2D eigenvalue weighted by molar-refractivity contribution is -0.126. The van der Waals surface area contributed by atoms with E-state index in [1.165, 1.54) is 32.1 Å². The Morgan fingerprint density at radius 1 is 1.06 bits per heavy atom. The van der Waals surface area contributed by atoms with E-state index in [9.17, 15) is 4.79 Å². The van der Waals surface area contributed by atoms with Crippen LogP contribution in [0.15, 0.2) is 0 Å². The Morgan fingerprint density at radius 2 is 1.72 bits per heavy atom. The van der Waals surface area contributed by atoms with Gasteiger partial charge in [0.2, 0.25) is 5.91 Å². The lowest BCUT2D eigenvalue weighted by Gasteiger charge is -2.25. The summed E-state index contributed by atoms with van der Waals surface area (Å²) in [6, 6.07) is 0.330. The van der Waals surface area contributed by atoms with Gasteiger partial charge in [-0.05, 0) is 44.4 Å². The molecule has 104 valence electrons. The van der Waals surface area contributed by atoms with Gasteiger partial charge in [-0.1, -0.05) is 25.7 Å². The summed E-state index contributed by atoms with van der Waals surface area (Å²) in [5.41, 5.74) is 5.86. The second kappa shape index (κ2) is 7.13. The van der Waals surface area contributed by atoms with E-state index in [-0.39, 0.29) is 11.8 Å². The first-order valence-corrected chi connectivity index (χ1v) is 7.79. The van der Waals surface area contributed by atoms with E-state index in [2.05, 4.69) is 5.32 Å². The summed E-state index contributed by atoms with van der Waals surface area (Å²) >= 11 is 0. The molecule has 2 aliphatic rings. The molecule has 3 heteroatoms. The standard InChI is InChI=1S/C15H28N2O/c16-14-9-7-13(8-10-14)15(18)17-11-3-6-12-4-1-2-5-12/h12-14H,1-11,16H2,(H,17,18). The number of carbonyl (C=O) groups excluding carboxylic acids is 1. The third kappa shape index (κ3) is 4.27. The maximum Gasteiger partial charge on any atom is 0.223 e. The Labute approximate surface area is 111 Å². The van der Waals surface area contributed by atoms with Crippen LogP contribution in [0.25, 0.3) is 0 Å². The van der Waals surface area contributed by atoms with Gasteiger partial charge in [-0.3, -0.25) is 4.79 Å². The second-order valence-electron chi connectivity index (χ2n) is 6.20. The minimum absolute atomic E-state index is 0.233. The van der Waals surface area contributed by atoms with Gasteiger partial charge < -0.3 is 11.1 Å². The zero-order valence-corrected chi connectivity index (χ0v) is 11.5. The minimum Gasteiger partial charge on any atom is -0.356 e. The summed E-state index contributed by atoms with van der Waals surface area (Å²) in [5, 5.41) is 3.11. The lowest BCUT2D eigenvalue weighted by atomic mass is 9.86. The van der Waals surface area contributed by atoms with Crippen molar-refractivity contribution in [3.8, 4) is 0 Å². The SMILES string of the molecule is NC1CCC(C(=O)NCCCC2CCCC2)CC1. The number of hydrogen-bond acceptors (Lipinski definition) is 2. The van der Waals surface area contributed by atoms with Crippen LogP contribution in [-0.4, -0.2) is 18.5 Å². The lowest BCUT2D eigenvalue weighted by Crippen LogP contribution is -2.36. The van der Waals surface area contributed by atoms with Gasteiger partial charge in [0, 0.05) is 18.5 Å². The minimum atomic E-state index is 0.233. The van der Waals surface area contributed by atoms with Gasteiger partial charge >= 0.3 is 0 Å². The van der Waals surface area contributed by atoms with Crippen molar-refractivity contribution >= 4 is 5.91 Å². The summed E-state index contributed by atoms with van der Waals surface area (Å²) in [7, 11) is 0. The largest absolute Gasteiger partial charge is 0.356 e. The number of carbonyl (C=O) groups is 1. The van der Waals surface area contributed by atoms with E-state index in [1.54, 1.807) is 0 Å². The van der Waals surface area contributed by atoms with E-state index < -0.39 is 0 Å². The maximum atomic E-state index is 11.9. The third-order valence-corrected chi connectivity index (χ3v) is 4.71. The van der Waals surface area contributed by atoms with Crippen LogP contribution < -0.4 is 11.1 Å². The van der Waals surface area contributed by atoms with Crippen LogP contribution in [0.5, 0.6) is 0 Å². The highest BCUT2D eigenvalue weighted by atomic mass is 16.1. The Kier molecular flexibility index (Phi) is 5.48. The van der Waals surface area contributed by atoms with Crippen LogP contribution in [-0.2, 0) is 4.79 Å². The van der Waals surface area contributed by atoms with Crippen molar-refractivity contribution in [2.75, 3.05) is 6.54 Å². The molecule has 2 fully saturated rings. The fourth-order valence-electron chi connectivity index (χ4n) is 3.43. The molecule has 0 spiro atoms. The normalized spacial score (nSPS) is 29.4. The fraction of sp³-hybridized carbons (Fsp3) is 0.933. The zero-order valence-electron chi connectivity index (χ0n) is 11.5. The molecule has 3 nitrogen and oxygen atoms in total. The molecule has 0 unspecified atom stereocenters. The number of nitrogens with one attached hydrogen (secondary N) is 1. The molecule has 2 aliphatic carbocycles. The van der Waals surface area contributed by atoms with Crippen LogP contribution in [0.1, 0.15) is 64.2 Å². The number of rotatable bonds is 5. The molecule has 3 N–H and O–H groups in total. The predicted molar refractivity (Wildman–Crippen MR) is 74.1 cm³/mol. The number of amides is 1. The Balaban J connectivity index is 1.54. The monoisotopic (exact) mass is 252 g/mol. The van der Waals surface area contributed by atoms with Gasteiger partial charge in [-0.15, -0.1) is 0 Å².